The monoisotopic (exact) mass is 259 g/mol. The molecule has 19 heavy (non-hydrogen) atoms. The first-order chi connectivity index (χ1) is 9.08. The fourth-order valence-electron chi connectivity index (χ4n) is 2.70. The van der Waals surface area contributed by atoms with Crippen LogP contribution in [0.1, 0.15) is 34.8 Å². The van der Waals surface area contributed by atoms with Gasteiger partial charge in [0.25, 0.3) is 5.91 Å². The quantitative estimate of drug-likeness (QED) is 0.810. The van der Waals surface area contributed by atoms with Crippen molar-refractivity contribution in [3.05, 3.63) is 35.3 Å². The summed E-state index contributed by atoms with van der Waals surface area (Å²) in [4.78, 5) is 14.3. The van der Waals surface area contributed by atoms with Gasteiger partial charge in [0.05, 0.1) is 6.04 Å². The van der Waals surface area contributed by atoms with Gasteiger partial charge in [-0.3, -0.25) is 9.89 Å². The molecule has 0 bridgehead atoms. The smallest absolute Gasteiger partial charge is 0.272 e. The summed E-state index contributed by atoms with van der Waals surface area (Å²) in [6.07, 6.45) is 0. The minimum Gasteiger partial charge on any atom is -0.382 e. The Balaban J connectivity index is 1.90. The van der Waals surface area contributed by atoms with Crippen molar-refractivity contribution >= 4 is 11.7 Å². The highest BCUT2D eigenvalue weighted by Gasteiger charge is 2.29. The lowest BCUT2D eigenvalue weighted by atomic mass is 10.1. The van der Waals surface area contributed by atoms with E-state index in [1.54, 1.807) is 6.07 Å². The number of H-pyrrole nitrogens is 1. The molecule has 0 spiro atoms. The van der Waals surface area contributed by atoms with Crippen LogP contribution in [0, 0.1) is 6.92 Å². The predicted octanol–water partition coefficient (Wildman–Crippen LogP) is 1.32. The summed E-state index contributed by atoms with van der Waals surface area (Å²) in [7, 11) is 0. The maximum atomic E-state index is 12.4. The van der Waals surface area contributed by atoms with E-state index in [0.717, 1.165) is 6.54 Å². The second kappa shape index (κ2) is 4.15. The number of hydrogen-bond acceptors (Lipinski definition) is 3. The number of carbonyl (C=O) groups is 1. The van der Waals surface area contributed by atoms with E-state index in [0.29, 0.717) is 18.1 Å². The van der Waals surface area contributed by atoms with Gasteiger partial charge in [-0.1, -0.05) is 0 Å². The molecule has 6 heteroatoms. The van der Waals surface area contributed by atoms with Crippen molar-refractivity contribution in [3.8, 4) is 0 Å². The molecule has 0 radical (unpaired) electrons. The third-order valence-corrected chi connectivity index (χ3v) is 3.78. The van der Waals surface area contributed by atoms with Crippen molar-refractivity contribution in [1.82, 2.24) is 19.7 Å². The van der Waals surface area contributed by atoms with Crippen molar-refractivity contribution in [2.45, 2.75) is 26.4 Å². The van der Waals surface area contributed by atoms with Crippen LogP contribution in [0.25, 0.3) is 0 Å². The fourth-order valence-corrected chi connectivity index (χ4v) is 2.70. The number of anilines is 1. The largest absolute Gasteiger partial charge is 0.382 e. The first-order valence-corrected chi connectivity index (χ1v) is 6.36. The molecule has 0 saturated heterocycles. The Morgan fingerprint density at radius 2 is 2.26 bits per heavy atom. The molecule has 0 aliphatic carbocycles. The molecule has 3 heterocycles. The first-order valence-electron chi connectivity index (χ1n) is 6.36. The molecule has 1 unspecified atom stereocenters. The number of hydrogen-bond donors (Lipinski definition) is 2. The minimum absolute atomic E-state index is 0.0539. The molecule has 100 valence electrons. The second-order valence-corrected chi connectivity index (χ2v) is 4.93. The minimum atomic E-state index is -0.0539. The van der Waals surface area contributed by atoms with Gasteiger partial charge in [-0.2, -0.15) is 5.10 Å². The standard InChI is InChI=1S/C13H17N5O/c1-8-3-4-11-9(2)18(6-5-17(8)11)13(19)10-7-12(14)16-15-10/h3-4,7,9H,5-6H2,1-2H3,(H3,14,15,16). The molecule has 1 aliphatic heterocycles. The SMILES string of the molecule is Cc1ccc2n1CCN(C(=O)c1cc(N)n[nH]1)C2C. The summed E-state index contributed by atoms with van der Waals surface area (Å²) in [6.45, 7) is 5.65. The summed E-state index contributed by atoms with van der Waals surface area (Å²) in [5.74, 6) is 0.286. The second-order valence-electron chi connectivity index (χ2n) is 4.93. The molecule has 1 amide bonds. The van der Waals surface area contributed by atoms with E-state index in [4.69, 9.17) is 5.73 Å². The lowest BCUT2D eigenvalue weighted by Crippen LogP contribution is -2.41. The van der Waals surface area contributed by atoms with Gasteiger partial charge in [0.15, 0.2) is 0 Å². The Labute approximate surface area is 111 Å². The van der Waals surface area contributed by atoms with Crippen molar-refractivity contribution in [2.75, 3.05) is 12.3 Å². The number of nitrogens with one attached hydrogen (secondary N) is 1. The molecule has 2 aromatic heterocycles. The van der Waals surface area contributed by atoms with Crippen molar-refractivity contribution in [1.29, 1.82) is 0 Å². The molecular weight excluding hydrogens is 242 g/mol. The van der Waals surface area contributed by atoms with Gasteiger partial charge in [0.1, 0.15) is 11.5 Å². The van der Waals surface area contributed by atoms with Gasteiger partial charge in [0, 0.05) is 30.5 Å². The zero-order valence-corrected chi connectivity index (χ0v) is 11.1. The highest BCUT2D eigenvalue weighted by molar-refractivity contribution is 5.93. The van der Waals surface area contributed by atoms with Crippen molar-refractivity contribution < 1.29 is 4.79 Å². The molecule has 3 rings (SSSR count). The van der Waals surface area contributed by atoms with Crippen LogP contribution in [0.4, 0.5) is 5.82 Å². The number of fused-ring (bicyclic) bond motifs is 1. The van der Waals surface area contributed by atoms with E-state index in [9.17, 15) is 4.79 Å². The fraction of sp³-hybridized carbons (Fsp3) is 0.385. The zero-order valence-electron chi connectivity index (χ0n) is 11.1. The van der Waals surface area contributed by atoms with E-state index in [1.807, 2.05) is 11.8 Å². The van der Waals surface area contributed by atoms with Crippen LogP contribution in [-0.2, 0) is 6.54 Å². The van der Waals surface area contributed by atoms with Gasteiger partial charge in [0.2, 0.25) is 0 Å². The lowest BCUT2D eigenvalue weighted by Gasteiger charge is -2.35. The summed E-state index contributed by atoms with van der Waals surface area (Å²) in [5.41, 5.74) is 8.40. The third-order valence-electron chi connectivity index (χ3n) is 3.78. The third kappa shape index (κ3) is 1.80. The molecule has 6 nitrogen and oxygen atoms in total. The van der Waals surface area contributed by atoms with E-state index in [-0.39, 0.29) is 11.9 Å². The van der Waals surface area contributed by atoms with Gasteiger partial charge < -0.3 is 15.2 Å². The molecule has 3 N–H and O–H groups in total. The van der Waals surface area contributed by atoms with Crippen LogP contribution in [-0.4, -0.2) is 32.1 Å². The zero-order chi connectivity index (χ0) is 13.6. The summed E-state index contributed by atoms with van der Waals surface area (Å²) in [5, 5.41) is 6.49. The number of aromatic nitrogens is 3. The van der Waals surface area contributed by atoms with Crippen molar-refractivity contribution in [2.24, 2.45) is 0 Å². The van der Waals surface area contributed by atoms with E-state index in [1.165, 1.54) is 11.4 Å². The van der Waals surface area contributed by atoms with Crippen LogP contribution >= 0.6 is 0 Å². The molecule has 1 atom stereocenters. The van der Waals surface area contributed by atoms with Crippen LogP contribution < -0.4 is 5.73 Å². The normalized spacial score (nSPS) is 18.4. The number of nitrogens with two attached hydrogens (primary N) is 1. The number of carbonyl (C=O) groups excluding carboxylic acids is 1. The molecule has 0 aromatic carbocycles. The molecule has 1 aliphatic rings. The van der Waals surface area contributed by atoms with Gasteiger partial charge in [-0.15, -0.1) is 0 Å². The van der Waals surface area contributed by atoms with Crippen LogP contribution in [0.3, 0.4) is 0 Å². The Morgan fingerprint density at radius 3 is 2.95 bits per heavy atom. The molecule has 0 fully saturated rings. The maximum absolute atomic E-state index is 12.4. The predicted molar refractivity (Wildman–Crippen MR) is 71.6 cm³/mol. The highest BCUT2D eigenvalue weighted by Crippen LogP contribution is 2.28. The Bertz CT molecular complexity index is 627. The molecular formula is C13H17N5O. The molecule has 2 aromatic rings. The average Bonchev–Trinajstić information content (AvgIpc) is 2.97. The lowest BCUT2D eigenvalue weighted by molar-refractivity contribution is 0.0636. The topological polar surface area (TPSA) is 79.9 Å². The number of aryl methyl sites for hydroxylation is 1. The van der Waals surface area contributed by atoms with Crippen LogP contribution in [0.2, 0.25) is 0 Å². The van der Waals surface area contributed by atoms with E-state index < -0.39 is 0 Å². The van der Waals surface area contributed by atoms with Gasteiger partial charge in [-0.05, 0) is 26.0 Å². The molecule has 0 saturated carbocycles. The Hall–Kier alpha value is -2.24. The first kappa shape index (κ1) is 11.8. The summed E-state index contributed by atoms with van der Waals surface area (Å²) in [6, 6.07) is 5.81. The van der Waals surface area contributed by atoms with Crippen LogP contribution in [0.15, 0.2) is 18.2 Å². The Morgan fingerprint density at radius 1 is 1.47 bits per heavy atom. The number of nitrogens with zero attached hydrogens (tertiary/aromatic N) is 3. The maximum Gasteiger partial charge on any atom is 0.272 e. The van der Waals surface area contributed by atoms with Crippen molar-refractivity contribution in [3.63, 3.8) is 0 Å². The Kier molecular flexibility index (Phi) is 2.58. The summed E-state index contributed by atoms with van der Waals surface area (Å²) >= 11 is 0. The van der Waals surface area contributed by atoms with Gasteiger partial charge in [-0.25, -0.2) is 0 Å². The van der Waals surface area contributed by atoms with E-state index in [2.05, 4.69) is 33.8 Å². The average molecular weight is 259 g/mol. The number of rotatable bonds is 1. The number of nitrogen functional groups attached to an aromatic ring is 1. The number of amides is 1. The number of aromatic amines is 1. The van der Waals surface area contributed by atoms with Gasteiger partial charge >= 0.3 is 0 Å². The summed E-state index contributed by atoms with van der Waals surface area (Å²) < 4.78 is 2.26. The van der Waals surface area contributed by atoms with E-state index >= 15 is 0 Å². The van der Waals surface area contributed by atoms with Crippen LogP contribution in [0.5, 0.6) is 0 Å². The highest BCUT2D eigenvalue weighted by atomic mass is 16.2.